The predicted octanol–water partition coefficient (Wildman–Crippen LogP) is 2.84. The molecular formula is C14H24Cl2N4OS. The summed E-state index contributed by atoms with van der Waals surface area (Å²) in [5.74, 6) is 1.70. The van der Waals surface area contributed by atoms with Crippen LogP contribution in [-0.4, -0.2) is 34.8 Å². The zero-order valence-electron chi connectivity index (χ0n) is 12.9. The first-order valence-electron chi connectivity index (χ1n) is 6.98. The van der Waals surface area contributed by atoms with Crippen molar-refractivity contribution in [3.8, 4) is 0 Å². The maximum atomic E-state index is 8.83. The van der Waals surface area contributed by atoms with Crippen LogP contribution in [0.5, 0.6) is 0 Å². The summed E-state index contributed by atoms with van der Waals surface area (Å²) in [6.45, 7) is 5.82. The number of aliphatic hydroxyl groups is 1. The molecule has 0 aliphatic carbocycles. The molecule has 4 N–H and O–H groups in total. The summed E-state index contributed by atoms with van der Waals surface area (Å²) in [7, 11) is 0. The fraction of sp³-hybridized carbons (Fsp3) is 0.571. The average Bonchev–Trinajstić information content (AvgIpc) is 2.70. The Morgan fingerprint density at radius 2 is 1.91 bits per heavy atom. The number of aryl methyl sites for hydroxylation is 2. The fourth-order valence-electron chi connectivity index (χ4n) is 2.11. The van der Waals surface area contributed by atoms with E-state index in [4.69, 9.17) is 10.8 Å². The molecule has 0 radical (unpaired) electrons. The minimum absolute atomic E-state index is 0. The Labute approximate surface area is 147 Å². The smallest absolute Gasteiger partial charge is 0.138 e. The first-order chi connectivity index (χ1) is 9.67. The lowest BCUT2D eigenvalue weighted by Crippen LogP contribution is -2.10. The van der Waals surface area contributed by atoms with E-state index in [0.717, 1.165) is 41.2 Å². The lowest BCUT2D eigenvalue weighted by Gasteiger charge is -2.09. The highest BCUT2D eigenvalue weighted by Gasteiger charge is 2.14. The van der Waals surface area contributed by atoms with E-state index in [-0.39, 0.29) is 31.4 Å². The van der Waals surface area contributed by atoms with Crippen LogP contribution >= 0.6 is 36.2 Å². The number of hydrogen-bond donors (Lipinski definition) is 3. The van der Waals surface area contributed by atoms with Gasteiger partial charge in [0, 0.05) is 24.4 Å². The molecule has 0 saturated carbocycles. The molecule has 0 atom stereocenters. The van der Waals surface area contributed by atoms with E-state index in [1.165, 1.54) is 10.4 Å². The molecule has 22 heavy (non-hydrogen) atoms. The zero-order valence-corrected chi connectivity index (χ0v) is 15.3. The monoisotopic (exact) mass is 366 g/mol. The van der Waals surface area contributed by atoms with Gasteiger partial charge in [-0.25, -0.2) is 9.97 Å². The van der Waals surface area contributed by atoms with Crippen LogP contribution in [0.3, 0.4) is 0 Å². The van der Waals surface area contributed by atoms with Crippen molar-refractivity contribution in [1.82, 2.24) is 9.97 Å². The second-order valence-electron chi connectivity index (χ2n) is 4.85. The average molecular weight is 367 g/mol. The van der Waals surface area contributed by atoms with E-state index in [1.807, 2.05) is 0 Å². The van der Waals surface area contributed by atoms with Crippen LogP contribution in [0.2, 0.25) is 0 Å². The predicted molar refractivity (Wildman–Crippen MR) is 99.0 cm³/mol. The van der Waals surface area contributed by atoms with Gasteiger partial charge < -0.3 is 16.2 Å². The molecule has 5 nitrogen and oxygen atoms in total. The summed E-state index contributed by atoms with van der Waals surface area (Å²) in [6.07, 6.45) is 2.42. The number of nitrogens with one attached hydrogen (secondary N) is 1. The van der Waals surface area contributed by atoms with E-state index in [2.05, 4.69) is 29.1 Å². The highest BCUT2D eigenvalue weighted by molar-refractivity contribution is 7.18. The number of rotatable bonds is 7. The summed E-state index contributed by atoms with van der Waals surface area (Å²) in [5, 5.41) is 13.3. The van der Waals surface area contributed by atoms with E-state index in [1.54, 1.807) is 11.3 Å². The molecular weight excluding hydrogens is 343 g/mol. The Morgan fingerprint density at radius 3 is 2.55 bits per heavy atom. The second kappa shape index (κ2) is 10.2. The van der Waals surface area contributed by atoms with Gasteiger partial charge in [0.1, 0.15) is 16.5 Å². The van der Waals surface area contributed by atoms with Crippen LogP contribution in [0, 0.1) is 13.8 Å². The summed E-state index contributed by atoms with van der Waals surface area (Å²) in [5.41, 5.74) is 6.85. The molecule has 0 aliphatic rings. The molecule has 0 saturated heterocycles. The van der Waals surface area contributed by atoms with Gasteiger partial charge in [0.2, 0.25) is 0 Å². The SMILES string of the molecule is Cc1sc2nc(CCN)nc(NCCCCO)c2c1C.Cl.Cl. The fourth-order valence-corrected chi connectivity index (χ4v) is 3.15. The molecule has 0 fully saturated rings. The maximum absolute atomic E-state index is 8.83. The van der Waals surface area contributed by atoms with Crippen molar-refractivity contribution in [3.63, 3.8) is 0 Å². The molecule has 2 rings (SSSR count). The Hall–Kier alpha value is -0.660. The molecule has 0 amide bonds. The summed E-state index contributed by atoms with van der Waals surface area (Å²) >= 11 is 1.70. The summed E-state index contributed by atoms with van der Waals surface area (Å²) in [4.78, 5) is 11.5. The van der Waals surface area contributed by atoms with Gasteiger partial charge in [0.15, 0.2) is 0 Å². The number of aliphatic hydroxyl groups excluding tert-OH is 1. The Balaban J connectivity index is 0.00000220. The summed E-state index contributed by atoms with van der Waals surface area (Å²) in [6, 6.07) is 0. The quantitative estimate of drug-likeness (QED) is 0.656. The van der Waals surface area contributed by atoms with Crippen LogP contribution in [0.25, 0.3) is 10.2 Å². The molecule has 8 heteroatoms. The molecule has 2 heterocycles. The van der Waals surface area contributed by atoms with E-state index in [0.29, 0.717) is 13.0 Å². The van der Waals surface area contributed by atoms with Gasteiger partial charge in [-0.3, -0.25) is 0 Å². The molecule has 0 unspecified atom stereocenters. The molecule has 0 spiro atoms. The number of unbranched alkanes of at least 4 members (excludes halogenated alkanes) is 1. The minimum atomic E-state index is 0. The van der Waals surface area contributed by atoms with Crippen LogP contribution in [0.4, 0.5) is 5.82 Å². The van der Waals surface area contributed by atoms with Crippen molar-refractivity contribution in [1.29, 1.82) is 0 Å². The van der Waals surface area contributed by atoms with Gasteiger partial charge in [0.25, 0.3) is 0 Å². The third-order valence-corrected chi connectivity index (χ3v) is 4.42. The van der Waals surface area contributed by atoms with E-state index in [9.17, 15) is 0 Å². The number of halogens is 2. The Kier molecular flexibility index (Phi) is 9.87. The lowest BCUT2D eigenvalue weighted by molar-refractivity contribution is 0.286. The third kappa shape index (κ3) is 4.93. The first-order valence-corrected chi connectivity index (χ1v) is 7.80. The second-order valence-corrected chi connectivity index (χ2v) is 6.05. The molecule has 2 aromatic rings. The van der Waals surface area contributed by atoms with Crippen LogP contribution in [-0.2, 0) is 6.42 Å². The number of nitrogens with zero attached hydrogens (tertiary/aromatic N) is 2. The van der Waals surface area contributed by atoms with Gasteiger partial charge in [-0.1, -0.05) is 0 Å². The number of fused-ring (bicyclic) bond motifs is 1. The molecule has 126 valence electrons. The van der Waals surface area contributed by atoms with Crippen molar-refractivity contribution < 1.29 is 5.11 Å². The van der Waals surface area contributed by atoms with E-state index >= 15 is 0 Å². The number of thiophene rings is 1. The normalized spacial score (nSPS) is 10.2. The van der Waals surface area contributed by atoms with E-state index < -0.39 is 0 Å². The van der Waals surface area contributed by atoms with Crippen molar-refractivity contribution >= 4 is 52.2 Å². The number of anilines is 1. The highest BCUT2D eigenvalue weighted by Crippen LogP contribution is 2.33. The molecule has 0 bridgehead atoms. The van der Waals surface area contributed by atoms with Crippen LogP contribution in [0.15, 0.2) is 0 Å². The zero-order chi connectivity index (χ0) is 14.5. The minimum Gasteiger partial charge on any atom is -0.396 e. The first kappa shape index (κ1) is 21.3. The van der Waals surface area contributed by atoms with Crippen LogP contribution in [0.1, 0.15) is 29.1 Å². The third-order valence-electron chi connectivity index (χ3n) is 3.32. The standard InChI is InChI=1S/C14H22N4OS.2ClH/c1-9-10(2)20-14-12(9)13(16-7-3-4-8-19)17-11(18-14)5-6-15;;/h19H,3-8,15H2,1-2H3,(H,16,17,18);2*1H. The van der Waals surface area contributed by atoms with Gasteiger partial charge in [-0.05, 0) is 38.8 Å². The number of nitrogens with two attached hydrogens (primary N) is 1. The molecule has 0 aliphatic heterocycles. The molecule has 0 aromatic carbocycles. The number of aromatic nitrogens is 2. The Bertz CT molecular complexity index is 592. The van der Waals surface area contributed by atoms with Gasteiger partial charge in [-0.2, -0.15) is 0 Å². The topological polar surface area (TPSA) is 84.1 Å². The van der Waals surface area contributed by atoms with Gasteiger partial charge >= 0.3 is 0 Å². The van der Waals surface area contributed by atoms with Gasteiger partial charge in [-0.15, -0.1) is 36.2 Å². The van der Waals surface area contributed by atoms with Crippen molar-refractivity contribution in [3.05, 3.63) is 16.3 Å². The highest BCUT2D eigenvalue weighted by atomic mass is 35.5. The molecule has 2 aromatic heterocycles. The number of hydrogen-bond acceptors (Lipinski definition) is 6. The van der Waals surface area contributed by atoms with Crippen molar-refractivity contribution in [2.45, 2.75) is 33.1 Å². The largest absolute Gasteiger partial charge is 0.396 e. The van der Waals surface area contributed by atoms with Crippen molar-refractivity contribution in [2.24, 2.45) is 5.73 Å². The lowest BCUT2D eigenvalue weighted by atomic mass is 10.2. The van der Waals surface area contributed by atoms with Gasteiger partial charge in [0.05, 0.1) is 5.39 Å². The van der Waals surface area contributed by atoms with Crippen LogP contribution < -0.4 is 11.1 Å². The maximum Gasteiger partial charge on any atom is 0.138 e. The summed E-state index contributed by atoms with van der Waals surface area (Å²) < 4.78 is 0. The van der Waals surface area contributed by atoms with Crippen molar-refractivity contribution in [2.75, 3.05) is 25.0 Å². The Morgan fingerprint density at radius 1 is 1.18 bits per heavy atom.